The Morgan fingerprint density at radius 1 is 1.32 bits per heavy atom. The predicted octanol–water partition coefficient (Wildman–Crippen LogP) is 0.808. The molecule has 2 N–H and O–H groups in total. The Balaban J connectivity index is 2.62. The summed E-state index contributed by atoms with van der Waals surface area (Å²) in [5, 5.41) is 3.24. The zero-order chi connectivity index (χ0) is 16.8. The molecule has 0 fully saturated rings. The van der Waals surface area contributed by atoms with Gasteiger partial charge in [-0.1, -0.05) is 30.1 Å². The van der Waals surface area contributed by atoms with Crippen LogP contribution in [0.3, 0.4) is 0 Å². The minimum Gasteiger partial charge on any atom is -0.351 e. The van der Waals surface area contributed by atoms with Crippen LogP contribution in [-0.2, 0) is 14.6 Å². The number of hydrogen-bond acceptors (Lipinski definition) is 3. The molecule has 0 spiro atoms. The first-order valence-corrected chi connectivity index (χ1v) is 9.43. The highest BCUT2D eigenvalue weighted by atomic mass is 35.5. The summed E-state index contributed by atoms with van der Waals surface area (Å²) in [6.45, 7) is 3.14. The molecular weight excluding hydrogens is 347 g/mol. The summed E-state index contributed by atoms with van der Waals surface area (Å²) in [5.74, 6) is -0.183. The number of likely N-dealkylation sites (N-methyl/N-ethyl adjacent to an activating group) is 1. The molecule has 22 heavy (non-hydrogen) atoms. The Morgan fingerprint density at radius 2 is 2.00 bits per heavy atom. The van der Waals surface area contributed by atoms with E-state index >= 15 is 0 Å². The second-order valence-corrected chi connectivity index (χ2v) is 8.05. The van der Waals surface area contributed by atoms with Gasteiger partial charge in [-0.05, 0) is 24.6 Å². The third-order valence-electron chi connectivity index (χ3n) is 3.06. The number of hydrogen-bond donors (Lipinski definition) is 2. The summed E-state index contributed by atoms with van der Waals surface area (Å²) in [6, 6.07) is 4.35. The van der Waals surface area contributed by atoms with Crippen LogP contribution in [0.15, 0.2) is 23.1 Å². The molecule has 0 heterocycles. The van der Waals surface area contributed by atoms with Crippen molar-refractivity contribution in [3.05, 3.63) is 28.2 Å². The lowest BCUT2D eigenvalue weighted by atomic mass is 10.4. The number of quaternary nitrogens is 1. The van der Waals surface area contributed by atoms with E-state index in [9.17, 15) is 13.2 Å². The average molecular weight is 368 g/mol. The SMILES string of the molecule is CCCNC(=O)C[NH+](C)CCS(=O)(=O)c1cc(Cl)ccc1Cl. The number of nitrogens with one attached hydrogen (secondary N) is 2. The smallest absolute Gasteiger partial charge is 0.275 e. The van der Waals surface area contributed by atoms with Crippen LogP contribution in [0.2, 0.25) is 10.0 Å². The standard InChI is InChI=1S/C14H20Cl2N2O3S/c1-3-6-17-14(19)10-18(2)7-8-22(20,21)13-9-11(15)4-5-12(13)16/h4-5,9H,3,6-8,10H2,1-2H3,(H,17,19)/p+1. The number of carbonyl (C=O) groups excluding carboxylic acids is 1. The van der Waals surface area contributed by atoms with Gasteiger partial charge in [-0.3, -0.25) is 4.79 Å². The molecule has 0 radical (unpaired) electrons. The summed E-state index contributed by atoms with van der Waals surface area (Å²) in [7, 11) is -1.75. The first-order chi connectivity index (χ1) is 10.3. The number of carbonyl (C=O) groups is 1. The van der Waals surface area contributed by atoms with Crippen molar-refractivity contribution in [1.29, 1.82) is 0 Å². The second kappa shape index (κ2) is 8.72. The largest absolute Gasteiger partial charge is 0.351 e. The fourth-order valence-electron chi connectivity index (χ4n) is 1.82. The maximum atomic E-state index is 12.3. The van der Waals surface area contributed by atoms with Crippen LogP contribution in [0.1, 0.15) is 13.3 Å². The van der Waals surface area contributed by atoms with Crippen molar-refractivity contribution in [3.63, 3.8) is 0 Å². The van der Waals surface area contributed by atoms with Gasteiger partial charge in [-0.25, -0.2) is 8.42 Å². The van der Waals surface area contributed by atoms with Crippen molar-refractivity contribution in [1.82, 2.24) is 5.32 Å². The predicted molar refractivity (Wildman–Crippen MR) is 88.4 cm³/mol. The van der Waals surface area contributed by atoms with Gasteiger partial charge in [-0.15, -0.1) is 0 Å². The van der Waals surface area contributed by atoms with E-state index in [0.29, 0.717) is 18.1 Å². The van der Waals surface area contributed by atoms with E-state index in [4.69, 9.17) is 23.2 Å². The highest BCUT2D eigenvalue weighted by molar-refractivity contribution is 7.91. The minimum atomic E-state index is -3.53. The van der Waals surface area contributed by atoms with Crippen LogP contribution in [0.25, 0.3) is 0 Å². The van der Waals surface area contributed by atoms with Gasteiger partial charge in [0, 0.05) is 11.6 Å². The van der Waals surface area contributed by atoms with Crippen molar-refractivity contribution in [2.75, 3.05) is 32.4 Å². The van der Waals surface area contributed by atoms with Crippen molar-refractivity contribution >= 4 is 38.9 Å². The first-order valence-electron chi connectivity index (χ1n) is 7.02. The maximum absolute atomic E-state index is 12.3. The van der Waals surface area contributed by atoms with Crippen LogP contribution < -0.4 is 10.2 Å². The Morgan fingerprint density at radius 3 is 2.64 bits per heavy atom. The van der Waals surface area contributed by atoms with Gasteiger partial charge in [0.1, 0.15) is 5.75 Å². The molecule has 1 rings (SSSR count). The van der Waals surface area contributed by atoms with E-state index in [0.717, 1.165) is 11.3 Å². The van der Waals surface area contributed by atoms with E-state index in [-0.39, 0.29) is 28.1 Å². The molecule has 1 unspecified atom stereocenters. The monoisotopic (exact) mass is 367 g/mol. The molecule has 1 aromatic carbocycles. The van der Waals surface area contributed by atoms with E-state index in [2.05, 4.69) is 5.32 Å². The van der Waals surface area contributed by atoms with E-state index in [1.165, 1.54) is 12.1 Å². The van der Waals surface area contributed by atoms with Crippen molar-refractivity contribution in [2.45, 2.75) is 18.2 Å². The molecule has 8 heteroatoms. The Kier molecular flexibility index (Phi) is 7.62. The Hall–Kier alpha value is -0.820. The summed E-state index contributed by atoms with van der Waals surface area (Å²) < 4.78 is 24.6. The molecule has 124 valence electrons. The molecular formula is C14H21Cl2N2O3S+. The van der Waals surface area contributed by atoms with Gasteiger partial charge in [0.15, 0.2) is 16.4 Å². The van der Waals surface area contributed by atoms with E-state index in [1.807, 2.05) is 6.92 Å². The fourth-order valence-corrected chi connectivity index (χ4v) is 4.04. The maximum Gasteiger partial charge on any atom is 0.275 e. The Labute approximate surface area is 141 Å². The summed E-state index contributed by atoms with van der Waals surface area (Å²) in [6.07, 6.45) is 0.867. The summed E-state index contributed by atoms with van der Waals surface area (Å²) in [4.78, 5) is 12.4. The quantitative estimate of drug-likeness (QED) is 0.714. The molecule has 1 atom stereocenters. The lowest BCUT2D eigenvalue weighted by Gasteiger charge is -2.14. The van der Waals surface area contributed by atoms with Crippen LogP contribution in [0, 0.1) is 0 Å². The second-order valence-electron chi connectivity index (χ2n) is 5.13. The molecule has 1 aromatic rings. The third-order valence-corrected chi connectivity index (χ3v) is 5.49. The number of sulfone groups is 1. The lowest BCUT2D eigenvalue weighted by molar-refractivity contribution is -0.868. The Bertz CT molecular complexity index is 621. The van der Waals surface area contributed by atoms with Gasteiger partial charge in [-0.2, -0.15) is 0 Å². The highest BCUT2D eigenvalue weighted by Crippen LogP contribution is 2.25. The van der Waals surface area contributed by atoms with E-state index in [1.54, 1.807) is 13.1 Å². The van der Waals surface area contributed by atoms with E-state index < -0.39 is 9.84 Å². The first kappa shape index (κ1) is 19.2. The zero-order valence-electron chi connectivity index (χ0n) is 12.7. The molecule has 5 nitrogen and oxygen atoms in total. The van der Waals surface area contributed by atoms with Gasteiger partial charge in [0.05, 0.1) is 23.5 Å². The molecule has 0 aliphatic heterocycles. The van der Waals surface area contributed by atoms with Gasteiger partial charge >= 0.3 is 0 Å². The van der Waals surface area contributed by atoms with Crippen LogP contribution in [0.5, 0.6) is 0 Å². The zero-order valence-corrected chi connectivity index (χ0v) is 15.0. The molecule has 0 bridgehead atoms. The molecule has 0 saturated heterocycles. The average Bonchev–Trinajstić information content (AvgIpc) is 2.45. The highest BCUT2D eigenvalue weighted by Gasteiger charge is 2.21. The van der Waals surface area contributed by atoms with Crippen molar-refractivity contribution in [3.8, 4) is 0 Å². The lowest BCUT2D eigenvalue weighted by Crippen LogP contribution is -3.10. The third kappa shape index (κ3) is 6.12. The van der Waals surface area contributed by atoms with Crippen LogP contribution in [0.4, 0.5) is 0 Å². The normalized spacial score (nSPS) is 12.9. The molecule has 1 amide bonds. The topological polar surface area (TPSA) is 67.7 Å². The van der Waals surface area contributed by atoms with Gasteiger partial charge in [0.25, 0.3) is 5.91 Å². The summed E-state index contributed by atoms with van der Waals surface area (Å²) in [5.41, 5.74) is 0. The number of benzene rings is 1. The number of halogens is 2. The summed E-state index contributed by atoms with van der Waals surface area (Å²) >= 11 is 11.8. The van der Waals surface area contributed by atoms with Crippen molar-refractivity contribution < 1.29 is 18.1 Å². The molecule has 0 saturated carbocycles. The fraction of sp³-hybridized carbons (Fsp3) is 0.500. The van der Waals surface area contributed by atoms with Gasteiger partial charge < -0.3 is 10.2 Å². The molecule has 0 aliphatic rings. The number of rotatable bonds is 8. The van der Waals surface area contributed by atoms with Crippen LogP contribution >= 0.6 is 23.2 Å². The molecule has 0 aliphatic carbocycles. The molecule has 0 aromatic heterocycles. The van der Waals surface area contributed by atoms with Crippen LogP contribution in [-0.4, -0.2) is 46.8 Å². The van der Waals surface area contributed by atoms with Gasteiger partial charge in [0.2, 0.25) is 0 Å². The minimum absolute atomic E-state index is 0.0323. The van der Waals surface area contributed by atoms with Crippen molar-refractivity contribution in [2.24, 2.45) is 0 Å². The number of amides is 1.